The van der Waals surface area contributed by atoms with Crippen LogP contribution in [0.5, 0.6) is 11.5 Å². The minimum atomic E-state index is 0.0400. The van der Waals surface area contributed by atoms with Crippen LogP contribution in [0, 0.1) is 0 Å². The fourth-order valence-electron chi connectivity index (χ4n) is 3.38. The lowest BCUT2D eigenvalue weighted by Crippen LogP contribution is -2.17. The van der Waals surface area contributed by atoms with Crippen molar-refractivity contribution in [3.8, 4) is 17.2 Å². The third-order valence-corrected chi connectivity index (χ3v) is 4.89. The van der Waals surface area contributed by atoms with Gasteiger partial charge in [-0.15, -0.1) is 0 Å². The molecule has 1 saturated carbocycles. The van der Waals surface area contributed by atoms with Crippen molar-refractivity contribution in [1.29, 1.82) is 0 Å². The fraction of sp³-hybridized carbons (Fsp3) is 0.421. The van der Waals surface area contributed by atoms with E-state index in [1.165, 1.54) is 12.8 Å². The number of fused-ring (bicyclic) bond motifs is 1. The summed E-state index contributed by atoms with van der Waals surface area (Å²) in [7, 11) is 0. The van der Waals surface area contributed by atoms with E-state index in [0.29, 0.717) is 19.1 Å². The van der Waals surface area contributed by atoms with Crippen molar-refractivity contribution < 1.29 is 9.47 Å². The first-order valence-corrected chi connectivity index (χ1v) is 9.19. The molecule has 2 aliphatic rings. The molecule has 3 aromatic rings. The Balaban J connectivity index is 1.61. The van der Waals surface area contributed by atoms with E-state index in [0.717, 1.165) is 35.3 Å². The summed E-state index contributed by atoms with van der Waals surface area (Å²) in [6, 6.07) is 7.92. The van der Waals surface area contributed by atoms with Gasteiger partial charge in [-0.2, -0.15) is 10.2 Å². The van der Waals surface area contributed by atoms with Crippen LogP contribution in [-0.2, 0) is 0 Å². The van der Waals surface area contributed by atoms with Gasteiger partial charge in [0.2, 0.25) is 0 Å². The minimum Gasteiger partial charge on any atom is -0.486 e. The molecule has 1 atom stereocenters. The minimum absolute atomic E-state index is 0.0400. The Labute approximate surface area is 151 Å². The predicted molar refractivity (Wildman–Crippen MR) is 95.0 cm³/mol. The predicted octanol–water partition coefficient (Wildman–Crippen LogP) is 3.11. The Morgan fingerprint density at radius 2 is 2.04 bits per heavy atom. The second-order valence-corrected chi connectivity index (χ2v) is 6.75. The molecule has 0 unspecified atom stereocenters. The maximum atomic E-state index is 5.75. The van der Waals surface area contributed by atoms with E-state index < -0.39 is 0 Å². The summed E-state index contributed by atoms with van der Waals surface area (Å²) in [4.78, 5) is 4.91. The van der Waals surface area contributed by atoms with Gasteiger partial charge in [-0.25, -0.2) is 9.67 Å². The van der Waals surface area contributed by atoms with Crippen molar-refractivity contribution in [3.05, 3.63) is 48.3 Å². The lowest BCUT2D eigenvalue weighted by Gasteiger charge is -2.20. The fourth-order valence-corrected chi connectivity index (χ4v) is 3.38. The highest BCUT2D eigenvalue weighted by Gasteiger charge is 2.31. The Morgan fingerprint density at radius 3 is 2.77 bits per heavy atom. The van der Waals surface area contributed by atoms with Gasteiger partial charge in [0.1, 0.15) is 19.3 Å². The summed E-state index contributed by atoms with van der Waals surface area (Å²) in [5.74, 6) is 3.87. The van der Waals surface area contributed by atoms with E-state index in [9.17, 15) is 0 Å². The van der Waals surface area contributed by atoms with Crippen molar-refractivity contribution >= 4 is 0 Å². The number of benzene rings is 1. The first-order chi connectivity index (χ1) is 12.8. The summed E-state index contributed by atoms with van der Waals surface area (Å²) < 4.78 is 15.3. The second-order valence-electron chi connectivity index (χ2n) is 6.75. The molecular formula is C19H21N5O2. The summed E-state index contributed by atoms with van der Waals surface area (Å²) in [5.41, 5.74) is 0.939. The van der Waals surface area contributed by atoms with E-state index in [1.54, 1.807) is 6.20 Å². The van der Waals surface area contributed by atoms with Crippen LogP contribution in [0.4, 0.5) is 0 Å². The Hall–Kier alpha value is -2.83. The van der Waals surface area contributed by atoms with E-state index in [-0.39, 0.29) is 6.04 Å². The molecule has 26 heavy (non-hydrogen) atoms. The normalized spacial score (nSPS) is 17.3. The molecule has 7 nitrogen and oxygen atoms in total. The van der Waals surface area contributed by atoms with Gasteiger partial charge in [0, 0.05) is 24.4 Å². The van der Waals surface area contributed by atoms with Crippen LogP contribution in [0.1, 0.15) is 49.8 Å². The van der Waals surface area contributed by atoms with E-state index in [1.807, 2.05) is 39.8 Å². The zero-order chi connectivity index (χ0) is 17.5. The Kier molecular flexibility index (Phi) is 3.65. The standard InChI is InChI=1S/C19H21N5O2/c1-2-15(23-9-3-8-20-23)19-21-18(13-4-5-13)22-24(19)14-6-7-16-17(12-14)26-11-10-25-16/h3,6-9,12-13,15H,2,4-5,10-11H2,1H3/t15-/m1/s1. The summed E-state index contributed by atoms with van der Waals surface area (Å²) in [6.07, 6.45) is 7.00. The van der Waals surface area contributed by atoms with E-state index >= 15 is 0 Å². The lowest BCUT2D eigenvalue weighted by atomic mass is 10.2. The quantitative estimate of drug-likeness (QED) is 0.706. The molecule has 0 bridgehead atoms. The van der Waals surface area contributed by atoms with Gasteiger partial charge in [-0.3, -0.25) is 4.68 Å². The van der Waals surface area contributed by atoms with Gasteiger partial charge in [-0.1, -0.05) is 6.92 Å². The van der Waals surface area contributed by atoms with Gasteiger partial charge in [-0.05, 0) is 37.5 Å². The number of nitrogens with zero attached hydrogens (tertiary/aromatic N) is 5. The van der Waals surface area contributed by atoms with Gasteiger partial charge in [0.05, 0.1) is 5.69 Å². The summed E-state index contributed by atoms with van der Waals surface area (Å²) >= 11 is 0. The van der Waals surface area contributed by atoms with Crippen LogP contribution in [-0.4, -0.2) is 37.8 Å². The molecule has 1 fully saturated rings. The topological polar surface area (TPSA) is 67.0 Å². The molecule has 0 saturated heterocycles. The Morgan fingerprint density at radius 1 is 1.19 bits per heavy atom. The second kappa shape index (κ2) is 6.16. The van der Waals surface area contributed by atoms with Gasteiger partial charge in [0.15, 0.2) is 23.1 Å². The third kappa shape index (κ3) is 2.64. The van der Waals surface area contributed by atoms with E-state index in [2.05, 4.69) is 12.0 Å². The SMILES string of the molecule is CC[C@H](c1nc(C2CC2)nn1-c1ccc2c(c1)OCCO2)n1cccn1. The van der Waals surface area contributed by atoms with Crippen molar-refractivity contribution in [3.63, 3.8) is 0 Å². The number of hydrogen-bond donors (Lipinski definition) is 0. The summed E-state index contributed by atoms with van der Waals surface area (Å²) in [6.45, 7) is 3.30. The largest absolute Gasteiger partial charge is 0.486 e. The van der Waals surface area contributed by atoms with Gasteiger partial charge in [0.25, 0.3) is 0 Å². The molecule has 0 amide bonds. The van der Waals surface area contributed by atoms with Crippen molar-refractivity contribution in [1.82, 2.24) is 24.5 Å². The van der Waals surface area contributed by atoms with E-state index in [4.69, 9.17) is 19.6 Å². The molecule has 134 valence electrons. The van der Waals surface area contributed by atoms with Crippen LogP contribution in [0.25, 0.3) is 5.69 Å². The monoisotopic (exact) mass is 351 g/mol. The van der Waals surface area contributed by atoms with Crippen molar-refractivity contribution in [2.24, 2.45) is 0 Å². The lowest BCUT2D eigenvalue weighted by molar-refractivity contribution is 0.171. The van der Waals surface area contributed by atoms with Crippen LogP contribution >= 0.6 is 0 Å². The zero-order valence-electron chi connectivity index (χ0n) is 14.7. The average Bonchev–Trinajstić information content (AvgIpc) is 3.22. The number of hydrogen-bond acceptors (Lipinski definition) is 5. The average molecular weight is 351 g/mol. The van der Waals surface area contributed by atoms with Gasteiger partial charge >= 0.3 is 0 Å². The first kappa shape index (κ1) is 15.4. The molecular weight excluding hydrogens is 330 g/mol. The molecule has 5 rings (SSSR count). The molecule has 1 aliphatic heterocycles. The van der Waals surface area contributed by atoms with Crippen LogP contribution in [0.2, 0.25) is 0 Å². The molecule has 1 aromatic carbocycles. The third-order valence-electron chi connectivity index (χ3n) is 4.89. The molecule has 0 spiro atoms. The maximum absolute atomic E-state index is 5.75. The molecule has 7 heteroatoms. The molecule has 2 aromatic heterocycles. The van der Waals surface area contributed by atoms with Crippen molar-refractivity contribution in [2.45, 2.75) is 38.1 Å². The number of rotatable bonds is 5. The number of aromatic nitrogens is 5. The molecule has 0 N–H and O–H groups in total. The Bertz CT molecular complexity index is 914. The highest BCUT2D eigenvalue weighted by atomic mass is 16.6. The van der Waals surface area contributed by atoms with Gasteiger partial charge < -0.3 is 9.47 Å². The smallest absolute Gasteiger partial charge is 0.163 e. The van der Waals surface area contributed by atoms with Crippen LogP contribution in [0.15, 0.2) is 36.7 Å². The molecule has 3 heterocycles. The maximum Gasteiger partial charge on any atom is 0.163 e. The highest BCUT2D eigenvalue weighted by molar-refractivity contribution is 5.49. The summed E-state index contributed by atoms with van der Waals surface area (Å²) in [5, 5.41) is 9.27. The first-order valence-electron chi connectivity index (χ1n) is 9.19. The van der Waals surface area contributed by atoms with Crippen molar-refractivity contribution in [2.75, 3.05) is 13.2 Å². The molecule has 0 radical (unpaired) electrons. The van der Waals surface area contributed by atoms with Crippen LogP contribution in [0.3, 0.4) is 0 Å². The van der Waals surface area contributed by atoms with Crippen LogP contribution < -0.4 is 9.47 Å². The zero-order valence-corrected chi connectivity index (χ0v) is 14.7. The number of ether oxygens (including phenoxy) is 2. The molecule has 1 aliphatic carbocycles. The highest BCUT2D eigenvalue weighted by Crippen LogP contribution is 2.40.